The first kappa shape index (κ1) is 17.0. The molecule has 2 heteroatoms. The molecule has 0 aromatic rings. The zero-order valence-electron chi connectivity index (χ0n) is 14.0. The number of nitrogens with one attached hydrogen (secondary N) is 1. The Kier molecular flexibility index (Phi) is 7.38. The van der Waals surface area contributed by atoms with Crippen LogP contribution in [0.3, 0.4) is 0 Å². The molecule has 114 valence electrons. The highest BCUT2D eigenvalue weighted by Crippen LogP contribution is 2.26. The quantitative estimate of drug-likeness (QED) is 0.714. The van der Waals surface area contributed by atoms with Crippen LogP contribution in [0.2, 0.25) is 0 Å². The Morgan fingerprint density at radius 3 is 2.26 bits per heavy atom. The summed E-state index contributed by atoms with van der Waals surface area (Å²) < 4.78 is 0. The highest BCUT2D eigenvalue weighted by atomic mass is 15.2. The van der Waals surface area contributed by atoms with Crippen LogP contribution in [0.25, 0.3) is 0 Å². The van der Waals surface area contributed by atoms with Crippen LogP contribution in [-0.4, -0.2) is 36.6 Å². The van der Waals surface area contributed by atoms with Gasteiger partial charge in [0.15, 0.2) is 0 Å². The van der Waals surface area contributed by atoms with E-state index in [1.54, 1.807) is 0 Å². The first-order chi connectivity index (χ1) is 8.99. The number of nitrogens with zero attached hydrogens (tertiary/aromatic N) is 1. The third-order valence-electron chi connectivity index (χ3n) is 4.64. The van der Waals surface area contributed by atoms with E-state index in [1.165, 1.54) is 51.6 Å². The zero-order valence-corrected chi connectivity index (χ0v) is 14.0. The van der Waals surface area contributed by atoms with Gasteiger partial charge in [-0.3, -0.25) is 0 Å². The fourth-order valence-corrected chi connectivity index (χ4v) is 3.32. The third-order valence-corrected chi connectivity index (χ3v) is 4.64. The molecule has 1 saturated carbocycles. The average molecular weight is 268 g/mol. The van der Waals surface area contributed by atoms with Crippen LogP contribution in [0, 0.1) is 5.41 Å². The van der Waals surface area contributed by atoms with Crippen LogP contribution >= 0.6 is 0 Å². The van der Waals surface area contributed by atoms with E-state index in [4.69, 9.17) is 0 Å². The molecule has 1 N–H and O–H groups in total. The lowest BCUT2D eigenvalue weighted by Gasteiger charge is -2.35. The normalized spacial score (nSPS) is 19.3. The van der Waals surface area contributed by atoms with Gasteiger partial charge in [0.1, 0.15) is 0 Å². The van der Waals surface area contributed by atoms with Crippen LogP contribution < -0.4 is 5.32 Å². The SMILES string of the molecule is CCCNC(CCN(CC)C1CCCC1)C(C)(C)C. The van der Waals surface area contributed by atoms with Gasteiger partial charge in [-0.05, 0) is 50.7 Å². The summed E-state index contributed by atoms with van der Waals surface area (Å²) in [5, 5.41) is 3.75. The molecule has 19 heavy (non-hydrogen) atoms. The molecule has 0 amide bonds. The monoisotopic (exact) mass is 268 g/mol. The minimum absolute atomic E-state index is 0.365. The number of hydrogen-bond acceptors (Lipinski definition) is 2. The van der Waals surface area contributed by atoms with Gasteiger partial charge < -0.3 is 10.2 Å². The largest absolute Gasteiger partial charge is 0.313 e. The summed E-state index contributed by atoms with van der Waals surface area (Å²) in [4.78, 5) is 2.72. The van der Waals surface area contributed by atoms with Crippen LogP contribution in [0.15, 0.2) is 0 Å². The Morgan fingerprint density at radius 2 is 1.79 bits per heavy atom. The summed E-state index contributed by atoms with van der Waals surface area (Å²) in [7, 11) is 0. The molecule has 1 aliphatic rings. The van der Waals surface area contributed by atoms with E-state index in [-0.39, 0.29) is 0 Å². The van der Waals surface area contributed by atoms with Gasteiger partial charge >= 0.3 is 0 Å². The second-order valence-electron chi connectivity index (χ2n) is 7.23. The van der Waals surface area contributed by atoms with Crippen molar-refractivity contribution in [1.29, 1.82) is 0 Å². The van der Waals surface area contributed by atoms with Crippen LogP contribution in [0.1, 0.15) is 73.1 Å². The fraction of sp³-hybridized carbons (Fsp3) is 1.00. The zero-order chi connectivity index (χ0) is 14.3. The van der Waals surface area contributed by atoms with Gasteiger partial charge in [0.05, 0.1) is 0 Å². The average Bonchev–Trinajstić information content (AvgIpc) is 2.86. The Bertz CT molecular complexity index is 226. The topological polar surface area (TPSA) is 15.3 Å². The van der Waals surface area contributed by atoms with E-state index in [9.17, 15) is 0 Å². The van der Waals surface area contributed by atoms with E-state index in [1.807, 2.05) is 0 Å². The lowest BCUT2D eigenvalue weighted by Crippen LogP contribution is -2.44. The van der Waals surface area contributed by atoms with Gasteiger partial charge in [-0.25, -0.2) is 0 Å². The van der Waals surface area contributed by atoms with E-state index < -0.39 is 0 Å². The second-order valence-corrected chi connectivity index (χ2v) is 7.23. The first-order valence-corrected chi connectivity index (χ1v) is 8.46. The maximum Gasteiger partial charge on any atom is 0.0128 e. The molecule has 1 unspecified atom stereocenters. The van der Waals surface area contributed by atoms with Crippen molar-refractivity contribution in [2.24, 2.45) is 5.41 Å². The minimum Gasteiger partial charge on any atom is -0.313 e. The molecule has 0 heterocycles. The standard InChI is InChI=1S/C17H36N2/c1-6-13-18-16(17(3,4)5)12-14-19(7-2)15-10-8-9-11-15/h15-16,18H,6-14H2,1-5H3. The summed E-state index contributed by atoms with van der Waals surface area (Å²) in [6.45, 7) is 15.3. The molecular formula is C17H36N2. The van der Waals surface area contributed by atoms with Crippen LogP contribution in [0.4, 0.5) is 0 Å². The maximum absolute atomic E-state index is 3.75. The molecule has 1 rings (SSSR count). The van der Waals surface area contributed by atoms with Crippen LogP contribution in [-0.2, 0) is 0 Å². The molecular weight excluding hydrogens is 232 g/mol. The predicted octanol–water partition coefficient (Wildman–Crippen LogP) is 4.06. The summed E-state index contributed by atoms with van der Waals surface area (Å²) in [6, 6.07) is 1.51. The van der Waals surface area contributed by atoms with Crippen molar-refractivity contribution in [3.63, 3.8) is 0 Å². The smallest absolute Gasteiger partial charge is 0.0128 e. The molecule has 0 radical (unpaired) electrons. The molecule has 0 aromatic carbocycles. The van der Waals surface area contributed by atoms with Gasteiger partial charge in [-0.15, -0.1) is 0 Å². The third kappa shape index (κ3) is 5.83. The Morgan fingerprint density at radius 1 is 1.16 bits per heavy atom. The summed E-state index contributed by atoms with van der Waals surface area (Å²) >= 11 is 0. The Labute approximate surface area is 121 Å². The van der Waals surface area contributed by atoms with Gasteiger partial charge in [0.25, 0.3) is 0 Å². The van der Waals surface area contributed by atoms with Crippen molar-refractivity contribution in [1.82, 2.24) is 10.2 Å². The Balaban J connectivity index is 2.44. The minimum atomic E-state index is 0.365. The van der Waals surface area contributed by atoms with Gasteiger partial charge in [0, 0.05) is 12.1 Å². The number of hydrogen-bond donors (Lipinski definition) is 1. The van der Waals surface area contributed by atoms with E-state index >= 15 is 0 Å². The Hall–Kier alpha value is -0.0800. The summed E-state index contributed by atoms with van der Waals surface area (Å²) in [5.74, 6) is 0. The molecule has 0 saturated heterocycles. The molecule has 0 aromatic heterocycles. The maximum atomic E-state index is 3.75. The molecule has 1 atom stereocenters. The van der Waals surface area contributed by atoms with Crippen molar-refractivity contribution in [2.45, 2.75) is 85.2 Å². The van der Waals surface area contributed by atoms with E-state index in [0.29, 0.717) is 11.5 Å². The molecule has 0 spiro atoms. The molecule has 1 aliphatic carbocycles. The van der Waals surface area contributed by atoms with Crippen molar-refractivity contribution < 1.29 is 0 Å². The van der Waals surface area contributed by atoms with Gasteiger partial charge in [0.2, 0.25) is 0 Å². The predicted molar refractivity (Wildman–Crippen MR) is 85.7 cm³/mol. The first-order valence-electron chi connectivity index (χ1n) is 8.46. The molecule has 0 bridgehead atoms. The van der Waals surface area contributed by atoms with Crippen LogP contribution in [0.5, 0.6) is 0 Å². The highest BCUT2D eigenvalue weighted by molar-refractivity contribution is 4.83. The number of rotatable bonds is 8. The summed E-state index contributed by atoms with van der Waals surface area (Å²) in [5.41, 5.74) is 0.365. The van der Waals surface area contributed by atoms with Crippen molar-refractivity contribution in [3.8, 4) is 0 Å². The molecule has 0 aliphatic heterocycles. The molecule has 2 nitrogen and oxygen atoms in total. The lowest BCUT2D eigenvalue weighted by atomic mass is 9.84. The van der Waals surface area contributed by atoms with Gasteiger partial charge in [-0.1, -0.05) is 47.5 Å². The van der Waals surface area contributed by atoms with Gasteiger partial charge in [-0.2, -0.15) is 0 Å². The van der Waals surface area contributed by atoms with Crippen molar-refractivity contribution in [3.05, 3.63) is 0 Å². The molecule has 1 fully saturated rings. The van der Waals surface area contributed by atoms with E-state index in [2.05, 4.69) is 44.8 Å². The highest BCUT2D eigenvalue weighted by Gasteiger charge is 2.26. The lowest BCUT2D eigenvalue weighted by molar-refractivity contribution is 0.171. The van der Waals surface area contributed by atoms with E-state index in [0.717, 1.165) is 12.6 Å². The second kappa shape index (κ2) is 8.26. The van der Waals surface area contributed by atoms with Crippen molar-refractivity contribution >= 4 is 0 Å². The fourth-order valence-electron chi connectivity index (χ4n) is 3.32. The summed E-state index contributed by atoms with van der Waals surface area (Å²) in [6.07, 6.45) is 8.25. The van der Waals surface area contributed by atoms with Crippen molar-refractivity contribution in [2.75, 3.05) is 19.6 Å².